The Hall–Kier alpha value is -2.38. The number of amides is 1. The van der Waals surface area contributed by atoms with Crippen LogP contribution in [0.1, 0.15) is 17.0 Å². The molecule has 1 aromatic carbocycles. The van der Waals surface area contributed by atoms with Crippen molar-refractivity contribution in [2.75, 3.05) is 0 Å². The molecule has 2 aliphatic rings. The molecule has 1 amide bonds. The number of nitrogens with zero attached hydrogens (tertiary/aromatic N) is 3. The average molecular weight is 427 g/mol. The molecule has 0 unspecified atom stereocenters. The molecule has 2 aliphatic heterocycles. The third-order valence-electron chi connectivity index (χ3n) is 4.37. The minimum atomic E-state index is -0.370. The number of rotatable bonds is 2. The second-order valence-corrected chi connectivity index (χ2v) is 7.81. The van der Waals surface area contributed by atoms with Crippen molar-refractivity contribution in [3.63, 3.8) is 0 Å². The molecule has 1 aromatic heterocycles. The molecule has 0 spiro atoms. The van der Waals surface area contributed by atoms with Gasteiger partial charge in [0.2, 0.25) is 0 Å². The lowest BCUT2D eigenvalue weighted by Crippen LogP contribution is -2.35. The summed E-state index contributed by atoms with van der Waals surface area (Å²) < 4.78 is 3.16. The van der Waals surface area contributed by atoms with E-state index >= 15 is 0 Å². The summed E-state index contributed by atoms with van der Waals surface area (Å²) in [5.74, 6) is -0.208. The molecule has 0 saturated carbocycles. The van der Waals surface area contributed by atoms with Crippen LogP contribution in [0.25, 0.3) is 11.8 Å². The molecular formula is C19H15BrN4OS. The molecule has 0 bridgehead atoms. The number of halogens is 1. The number of aryl methyl sites for hydroxylation is 1. The molecule has 5 nitrogen and oxygen atoms in total. The standard InChI is InChI=1S/C19H15BrN4OS/c1-11-9-13(12(2)24(11)15-5-3-14(20)4-6-15)10-16-17(21)23-7-8-26-19(23)22-18(16)25/h3-10,21H,1-2H3. The van der Waals surface area contributed by atoms with Gasteiger partial charge in [0.1, 0.15) is 5.84 Å². The van der Waals surface area contributed by atoms with Gasteiger partial charge in [-0.3, -0.25) is 15.1 Å². The molecule has 4 rings (SSSR count). The highest BCUT2D eigenvalue weighted by atomic mass is 79.9. The maximum Gasteiger partial charge on any atom is 0.283 e. The number of benzene rings is 1. The van der Waals surface area contributed by atoms with Crippen molar-refractivity contribution in [1.29, 1.82) is 5.41 Å². The van der Waals surface area contributed by atoms with Crippen LogP contribution in [0.4, 0.5) is 0 Å². The zero-order valence-electron chi connectivity index (χ0n) is 14.2. The molecule has 2 aromatic rings. The number of nitrogens with one attached hydrogen (secondary N) is 1. The molecule has 26 heavy (non-hydrogen) atoms. The van der Waals surface area contributed by atoms with Gasteiger partial charge in [-0.2, -0.15) is 4.99 Å². The molecule has 0 fully saturated rings. The Kier molecular flexibility index (Phi) is 4.20. The van der Waals surface area contributed by atoms with Gasteiger partial charge in [-0.25, -0.2) is 0 Å². The van der Waals surface area contributed by atoms with E-state index in [2.05, 4.69) is 25.5 Å². The maximum absolute atomic E-state index is 12.4. The molecule has 0 aliphatic carbocycles. The number of hydrogen-bond donors (Lipinski definition) is 1. The highest BCUT2D eigenvalue weighted by Gasteiger charge is 2.31. The van der Waals surface area contributed by atoms with Crippen molar-refractivity contribution >= 4 is 50.7 Å². The van der Waals surface area contributed by atoms with Crippen LogP contribution in [0, 0.1) is 19.3 Å². The normalized spacial score (nSPS) is 17.9. The molecule has 1 N–H and O–H groups in total. The van der Waals surface area contributed by atoms with E-state index in [0.29, 0.717) is 10.7 Å². The van der Waals surface area contributed by atoms with E-state index in [1.54, 1.807) is 17.2 Å². The first-order valence-electron chi connectivity index (χ1n) is 7.97. The Morgan fingerprint density at radius 2 is 1.96 bits per heavy atom. The van der Waals surface area contributed by atoms with Crippen LogP contribution in [-0.4, -0.2) is 26.4 Å². The predicted molar refractivity (Wildman–Crippen MR) is 110 cm³/mol. The van der Waals surface area contributed by atoms with Crippen LogP contribution in [0.5, 0.6) is 0 Å². The van der Waals surface area contributed by atoms with Gasteiger partial charge in [0.25, 0.3) is 5.91 Å². The van der Waals surface area contributed by atoms with Gasteiger partial charge in [-0.1, -0.05) is 27.7 Å². The lowest BCUT2D eigenvalue weighted by Gasteiger charge is -2.22. The quantitative estimate of drug-likeness (QED) is 0.711. The third kappa shape index (κ3) is 2.77. The zero-order chi connectivity index (χ0) is 18.4. The number of aromatic nitrogens is 1. The molecule has 130 valence electrons. The van der Waals surface area contributed by atoms with Crippen molar-refractivity contribution in [3.8, 4) is 5.69 Å². The van der Waals surface area contributed by atoms with Crippen molar-refractivity contribution in [1.82, 2.24) is 9.47 Å². The number of carbonyl (C=O) groups is 1. The summed E-state index contributed by atoms with van der Waals surface area (Å²) in [5.41, 5.74) is 4.34. The van der Waals surface area contributed by atoms with Crippen LogP contribution in [0.2, 0.25) is 0 Å². The Bertz CT molecular complexity index is 1030. The molecule has 0 saturated heterocycles. The largest absolute Gasteiger partial charge is 0.318 e. The van der Waals surface area contributed by atoms with Crippen molar-refractivity contribution in [2.24, 2.45) is 4.99 Å². The number of thioether (sulfide) groups is 1. The summed E-state index contributed by atoms with van der Waals surface area (Å²) in [4.78, 5) is 18.1. The maximum atomic E-state index is 12.4. The molecular weight excluding hydrogens is 412 g/mol. The van der Waals surface area contributed by atoms with E-state index in [9.17, 15) is 4.79 Å². The van der Waals surface area contributed by atoms with Gasteiger partial charge in [-0.05, 0) is 61.2 Å². The van der Waals surface area contributed by atoms with Crippen molar-refractivity contribution < 1.29 is 4.79 Å². The highest BCUT2D eigenvalue weighted by Crippen LogP contribution is 2.29. The lowest BCUT2D eigenvalue weighted by atomic mass is 10.1. The summed E-state index contributed by atoms with van der Waals surface area (Å²) in [6.07, 6.45) is 3.52. The van der Waals surface area contributed by atoms with Crippen LogP contribution in [-0.2, 0) is 4.79 Å². The minimum absolute atomic E-state index is 0.162. The smallest absolute Gasteiger partial charge is 0.283 e. The second kappa shape index (κ2) is 6.41. The van der Waals surface area contributed by atoms with E-state index in [0.717, 1.165) is 27.1 Å². The van der Waals surface area contributed by atoms with E-state index in [4.69, 9.17) is 5.41 Å². The van der Waals surface area contributed by atoms with Crippen LogP contribution >= 0.6 is 27.7 Å². The van der Waals surface area contributed by atoms with Crippen molar-refractivity contribution in [2.45, 2.75) is 13.8 Å². The minimum Gasteiger partial charge on any atom is -0.318 e. The summed E-state index contributed by atoms with van der Waals surface area (Å²) in [6.45, 7) is 4.04. The number of carbonyl (C=O) groups excluding carboxylic acids is 1. The molecule has 7 heteroatoms. The second-order valence-electron chi connectivity index (χ2n) is 6.02. The van der Waals surface area contributed by atoms with Crippen LogP contribution in [0.3, 0.4) is 0 Å². The monoisotopic (exact) mass is 426 g/mol. The predicted octanol–water partition coefficient (Wildman–Crippen LogP) is 4.63. The van der Waals surface area contributed by atoms with Gasteiger partial charge >= 0.3 is 0 Å². The fourth-order valence-corrected chi connectivity index (χ4v) is 4.08. The van der Waals surface area contributed by atoms with Gasteiger partial charge in [0, 0.05) is 27.7 Å². The van der Waals surface area contributed by atoms with Gasteiger partial charge < -0.3 is 4.57 Å². The Morgan fingerprint density at radius 1 is 1.23 bits per heavy atom. The average Bonchev–Trinajstić information content (AvgIpc) is 3.17. The fraction of sp³-hybridized carbons (Fsp3) is 0.105. The highest BCUT2D eigenvalue weighted by molar-refractivity contribution is 9.10. The van der Waals surface area contributed by atoms with Crippen molar-refractivity contribution in [3.05, 3.63) is 68.9 Å². The van der Waals surface area contributed by atoms with Crippen LogP contribution < -0.4 is 0 Å². The first-order valence-corrected chi connectivity index (χ1v) is 9.64. The van der Waals surface area contributed by atoms with Gasteiger partial charge in [0.05, 0.1) is 5.57 Å². The molecule has 0 radical (unpaired) electrons. The number of hydrogen-bond acceptors (Lipinski definition) is 3. The zero-order valence-corrected chi connectivity index (χ0v) is 16.6. The molecule has 0 atom stereocenters. The van der Waals surface area contributed by atoms with E-state index in [-0.39, 0.29) is 11.7 Å². The van der Waals surface area contributed by atoms with E-state index < -0.39 is 0 Å². The Morgan fingerprint density at radius 3 is 2.69 bits per heavy atom. The van der Waals surface area contributed by atoms with E-state index in [1.807, 2.05) is 49.6 Å². The van der Waals surface area contributed by atoms with E-state index in [1.165, 1.54) is 11.8 Å². The first kappa shape index (κ1) is 17.1. The Balaban J connectivity index is 1.78. The third-order valence-corrected chi connectivity index (χ3v) is 5.65. The van der Waals surface area contributed by atoms with Gasteiger partial charge in [-0.15, -0.1) is 0 Å². The fourth-order valence-electron chi connectivity index (χ4n) is 3.11. The van der Waals surface area contributed by atoms with Gasteiger partial charge in [0.15, 0.2) is 5.17 Å². The number of fused-ring (bicyclic) bond motifs is 1. The Labute approximate surface area is 163 Å². The topological polar surface area (TPSA) is 61.5 Å². The summed E-state index contributed by atoms with van der Waals surface area (Å²) in [7, 11) is 0. The number of amidine groups is 2. The summed E-state index contributed by atoms with van der Waals surface area (Å²) >= 11 is 4.81. The SMILES string of the molecule is Cc1cc(C=C2C(=N)N3C=CSC3=NC2=O)c(C)n1-c1ccc(Br)cc1. The lowest BCUT2D eigenvalue weighted by molar-refractivity contribution is -0.114. The molecule has 3 heterocycles. The summed E-state index contributed by atoms with van der Waals surface area (Å²) in [5, 5.41) is 10.7. The number of aliphatic imine (C=N–C) groups is 1. The summed E-state index contributed by atoms with van der Waals surface area (Å²) in [6, 6.07) is 10.1. The van der Waals surface area contributed by atoms with Crippen LogP contribution in [0.15, 0.2) is 57.0 Å². The first-order chi connectivity index (χ1) is 12.5.